The molecule has 0 aromatic heterocycles. The zero-order chi connectivity index (χ0) is 16.7. The van der Waals surface area contributed by atoms with Gasteiger partial charge in [-0.05, 0) is 43.8 Å². The molecule has 0 saturated heterocycles. The fourth-order valence-electron chi connectivity index (χ4n) is 1.96. The number of rotatable bonds is 7. The van der Waals surface area contributed by atoms with Crippen molar-refractivity contribution in [2.45, 2.75) is 19.6 Å². The van der Waals surface area contributed by atoms with Gasteiger partial charge in [0.05, 0.1) is 5.56 Å². The lowest BCUT2D eigenvalue weighted by Gasteiger charge is -2.14. The zero-order valence-corrected chi connectivity index (χ0v) is 16.1. The van der Waals surface area contributed by atoms with Gasteiger partial charge in [0.2, 0.25) is 0 Å². The maximum Gasteiger partial charge on any atom is 0.255 e. The fraction of sp³-hybridized carbons (Fsp3) is 0.278. The van der Waals surface area contributed by atoms with Crippen LogP contribution in [0.4, 0.5) is 0 Å². The largest absolute Gasteiger partial charge is 0.488 e. The second-order valence-electron chi connectivity index (χ2n) is 5.31. The third kappa shape index (κ3) is 6.15. The molecule has 2 rings (SSSR count). The van der Waals surface area contributed by atoms with Gasteiger partial charge in [0.25, 0.3) is 5.91 Å². The first-order valence-electron chi connectivity index (χ1n) is 7.52. The van der Waals surface area contributed by atoms with E-state index >= 15 is 0 Å². The minimum atomic E-state index is -0.126. The first-order chi connectivity index (χ1) is 11.1. The number of nitrogens with one attached hydrogen (secondary N) is 2. The molecule has 24 heavy (non-hydrogen) atoms. The Balaban J connectivity index is 0.00000288. The third-order valence-corrected chi connectivity index (χ3v) is 4.03. The van der Waals surface area contributed by atoms with Crippen LogP contribution in [-0.2, 0) is 6.61 Å². The van der Waals surface area contributed by atoms with E-state index in [2.05, 4.69) is 26.6 Å². The van der Waals surface area contributed by atoms with Crippen LogP contribution in [0.2, 0.25) is 0 Å². The molecule has 1 unspecified atom stereocenters. The van der Waals surface area contributed by atoms with Crippen molar-refractivity contribution in [1.82, 2.24) is 10.6 Å². The summed E-state index contributed by atoms with van der Waals surface area (Å²) in [5.41, 5.74) is 1.60. The molecule has 0 heterocycles. The highest BCUT2D eigenvalue weighted by atomic mass is 79.9. The molecule has 0 radical (unpaired) electrons. The van der Waals surface area contributed by atoms with Crippen LogP contribution in [-0.4, -0.2) is 25.5 Å². The Morgan fingerprint density at radius 2 is 1.83 bits per heavy atom. The molecule has 0 aliphatic rings. The van der Waals surface area contributed by atoms with Crippen molar-refractivity contribution in [3.8, 4) is 5.75 Å². The van der Waals surface area contributed by atoms with Crippen molar-refractivity contribution in [2.75, 3.05) is 13.6 Å². The van der Waals surface area contributed by atoms with E-state index in [1.165, 1.54) is 0 Å². The summed E-state index contributed by atoms with van der Waals surface area (Å²) in [5, 5.41) is 6.00. The van der Waals surface area contributed by atoms with Crippen molar-refractivity contribution < 1.29 is 9.53 Å². The van der Waals surface area contributed by atoms with Gasteiger partial charge in [0.1, 0.15) is 12.4 Å². The first kappa shape index (κ1) is 20.5. The van der Waals surface area contributed by atoms with Gasteiger partial charge in [-0.2, -0.15) is 0 Å². The number of ether oxygens (including phenoxy) is 1. The highest BCUT2D eigenvalue weighted by molar-refractivity contribution is 9.10. The Labute approximate surface area is 157 Å². The smallest absolute Gasteiger partial charge is 0.255 e. The number of halogens is 2. The van der Waals surface area contributed by atoms with Gasteiger partial charge in [0, 0.05) is 17.1 Å². The monoisotopic (exact) mass is 412 g/mol. The van der Waals surface area contributed by atoms with E-state index in [1.54, 1.807) is 6.07 Å². The van der Waals surface area contributed by atoms with Gasteiger partial charge in [0.15, 0.2) is 0 Å². The van der Waals surface area contributed by atoms with E-state index < -0.39 is 0 Å². The molecule has 6 heteroatoms. The predicted molar refractivity (Wildman–Crippen MR) is 103 cm³/mol. The van der Waals surface area contributed by atoms with E-state index in [9.17, 15) is 4.79 Å². The summed E-state index contributed by atoms with van der Waals surface area (Å²) in [6.07, 6.45) is 0. The lowest BCUT2D eigenvalue weighted by molar-refractivity contribution is 0.0946. The van der Waals surface area contributed by atoms with Crippen LogP contribution in [0.3, 0.4) is 0 Å². The fourth-order valence-corrected chi connectivity index (χ4v) is 2.23. The number of likely N-dealkylation sites (N-methyl/N-ethyl adjacent to an activating group) is 1. The first-order valence-corrected chi connectivity index (χ1v) is 8.31. The summed E-state index contributed by atoms with van der Waals surface area (Å²) >= 11 is 3.41. The number of hydrogen-bond acceptors (Lipinski definition) is 3. The molecule has 0 saturated carbocycles. The molecule has 130 valence electrons. The van der Waals surface area contributed by atoms with Gasteiger partial charge >= 0.3 is 0 Å². The standard InChI is InChI=1S/C18H21BrN2O2.ClH/c1-13(20-2)11-21-18(22)16-5-3-4-6-17(16)23-12-14-7-9-15(19)10-8-14;/h3-10,13,20H,11-12H2,1-2H3,(H,21,22);1H. The molecule has 0 aliphatic carbocycles. The SMILES string of the molecule is CNC(C)CNC(=O)c1ccccc1OCc1ccc(Br)cc1.Cl. The summed E-state index contributed by atoms with van der Waals surface area (Å²) in [7, 11) is 1.87. The lowest BCUT2D eigenvalue weighted by atomic mass is 10.1. The van der Waals surface area contributed by atoms with E-state index in [4.69, 9.17) is 4.74 Å². The molecular weight excluding hydrogens is 392 g/mol. The van der Waals surface area contributed by atoms with Crippen molar-refractivity contribution >= 4 is 34.2 Å². The Bertz CT molecular complexity index is 650. The van der Waals surface area contributed by atoms with Crippen molar-refractivity contribution in [1.29, 1.82) is 0 Å². The normalized spacial score (nSPS) is 11.3. The maximum atomic E-state index is 12.3. The second kappa shape index (κ2) is 10.3. The molecule has 0 spiro atoms. The van der Waals surface area contributed by atoms with Crippen LogP contribution in [0.1, 0.15) is 22.8 Å². The van der Waals surface area contributed by atoms with Crippen LogP contribution >= 0.6 is 28.3 Å². The van der Waals surface area contributed by atoms with Gasteiger partial charge in [-0.25, -0.2) is 0 Å². The van der Waals surface area contributed by atoms with Gasteiger partial charge in [-0.15, -0.1) is 12.4 Å². The molecule has 0 bridgehead atoms. The summed E-state index contributed by atoms with van der Waals surface area (Å²) < 4.78 is 6.85. The number of hydrogen-bond donors (Lipinski definition) is 2. The molecule has 2 aromatic carbocycles. The number of carbonyl (C=O) groups is 1. The second-order valence-corrected chi connectivity index (χ2v) is 6.23. The van der Waals surface area contributed by atoms with Gasteiger partial charge < -0.3 is 15.4 Å². The summed E-state index contributed by atoms with van der Waals surface area (Å²) in [5.74, 6) is 0.462. The highest BCUT2D eigenvalue weighted by Crippen LogP contribution is 2.20. The molecular formula is C18H22BrClN2O2. The zero-order valence-electron chi connectivity index (χ0n) is 13.7. The average Bonchev–Trinajstić information content (AvgIpc) is 2.59. The van der Waals surface area contributed by atoms with Crippen LogP contribution in [0.5, 0.6) is 5.75 Å². The average molecular weight is 414 g/mol. The molecule has 4 nitrogen and oxygen atoms in total. The lowest BCUT2D eigenvalue weighted by Crippen LogP contribution is -2.37. The molecule has 2 aromatic rings. The molecule has 1 atom stereocenters. The van der Waals surface area contributed by atoms with E-state index in [1.807, 2.05) is 56.4 Å². The number of carbonyl (C=O) groups excluding carboxylic acids is 1. The molecule has 0 aliphatic heterocycles. The Kier molecular flexibility index (Phi) is 8.82. The van der Waals surface area contributed by atoms with Crippen LogP contribution in [0.25, 0.3) is 0 Å². The topological polar surface area (TPSA) is 50.4 Å². The Hall–Kier alpha value is -1.56. The van der Waals surface area contributed by atoms with Crippen LogP contribution in [0, 0.1) is 0 Å². The van der Waals surface area contributed by atoms with Crippen molar-refractivity contribution in [2.24, 2.45) is 0 Å². The minimum Gasteiger partial charge on any atom is -0.488 e. The molecule has 2 N–H and O–H groups in total. The number of para-hydroxylation sites is 1. The van der Waals surface area contributed by atoms with Gasteiger partial charge in [-0.1, -0.05) is 40.2 Å². The highest BCUT2D eigenvalue weighted by Gasteiger charge is 2.12. The third-order valence-electron chi connectivity index (χ3n) is 3.50. The molecule has 1 amide bonds. The number of amides is 1. The Morgan fingerprint density at radius 3 is 2.50 bits per heavy atom. The summed E-state index contributed by atoms with van der Waals surface area (Å²) in [4.78, 5) is 12.3. The van der Waals surface area contributed by atoms with Crippen LogP contribution in [0.15, 0.2) is 53.0 Å². The maximum absolute atomic E-state index is 12.3. The number of benzene rings is 2. The van der Waals surface area contributed by atoms with E-state index in [-0.39, 0.29) is 24.4 Å². The van der Waals surface area contributed by atoms with Crippen molar-refractivity contribution in [3.63, 3.8) is 0 Å². The minimum absolute atomic E-state index is 0. The summed E-state index contributed by atoms with van der Waals surface area (Å²) in [6, 6.07) is 15.4. The van der Waals surface area contributed by atoms with E-state index in [0.717, 1.165) is 10.0 Å². The Morgan fingerprint density at radius 1 is 1.17 bits per heavy atom. The van der Waals surface area contributed by atoms with Crippen LogP contribution < -0.4 is 15.4 Å². The quantitative estimate of drug-likeness (QED) is 0.726. The predicted octanol–water partition coefficient (Wildman–Crippen LogP) is 3.79. The molecule has 0 fully saturated rings. The van der Waals surface area contributed by atoms with E-state index in [0.29, 0.717) is 24.5 Å². The van der Waals surface area contributed by atoms with Crippen molar-refractivity contribution in [3.05, 3.63) is 64.1 Å². The summed E-state index contributed by atoms with van der Waals surface area (Å²) in [6.45, 7) is 3.00. The van der Waals surface area contributed by atoms with Gasteiger partial charge in [-0.3, -0.25) is 4.79 Å².